The number of carbonyl (C=O) groups excluding carboxylic acids is 2. The summed E-state index contributed by atoms with van der Waals surface area (Å²) in [7, 11) is 4.37. The van der Waals surface area contributed by atoms with Crippen LogP contribution in [0.3, 0.4) is 0 Å². The maximum Gasteiger partial charge on any atom is 0.338 e. The molecule has 0 bridgehead atoms. The van der Waals surface area contributed by atoms with Gasteiger partial charge in [-0.2, -0.15) is 0 Å². The molecule has 1 N–H and O–H groups in total. The molecule has 0 amide bonds. The molecule has 0 spiro atoms. The predicted octanol–water partition coefficient (Wildman–Crippen LogP) is 1.96. The van der Waals surface area contributed by atoms with Gasteiger partial charge in [-0.05, 0) is 43.4 Å². The Morgan fingerprint density at radius 1 is 1.17 bits per heavy atom. The van der Waals surface area contributed by atoms with Crippen LogP contribution in [0, 0.1) is 5.92 Å². The summed E-state index contributed by atoms with van der Waals surface area (Å²) in [4.78, 5) is 23.5. The minimum atomic E-state index is -0.355. The summed E-state index contributed by atoms with van der Waals surface area (Å²) in [6.07, 6.45) is 3.40. The largest absolute Gasteiger partial charge is 0.497 e. The molecular formula is C18H25NO5. The minimum Gasteiger partial charge on any atom is -0.497 e. The molecule has 0 radical (unpaired) electrons. The number of benzene rings is 1. The van der Waals surface area contributed by atoms with Crippen molar-refractivity contribution < 1.29 is 23.8 Å². The molecular weight excluding hydrogens is 310 g/mol. The van der Waals surface area contributed by atoms with E-state index in [1.807, 2.05) is 12.1 Å². The van der Waals surface area contributed by atoms with E-state index in [1.54, 1.807) is 13.2 Å². The first-order valence-corrected chi connectivity index (χ1v) is 8.15. The van der Waals surface area contributed by atoms with Crippen LogP contribution in [0.25, 0.3) is 0 Å². The zero-order valence-corrected chi connectivity index (χ0v) is 14.5. The molecule has 1 heterocycles. The Bertz CT molecular complexity index is 579. The number of piperidine rings is 1. The molecule has 2 rings (SSSR count). The van der Waals surface area contributed by atoms with Crippen LogP contribution in [0.15, 0.2) is 18.2 Å². The maximum absolute atomic E-state index is 12.0. The van der Waals surface area contributed by atoms with Crippen molar-refractivity contribution in [3.8, 4) is 5.75 Å². The molecule has 1 aromatic carbocycles. The van der Waals surface area contributed by atoms with Gasteiger partial charge in [0.25, 0.3) is 0 Å². The standard InChI is InChI=1S/C18H25NO5/c1-22-15-9-6-12(16(10-15)18(21)24-3)4-7-14-8-5-13(11-19-14)17(20)23-2/h6,9-10,13-14,19H,4-5,7-8,11H2,1-3H3. The van der Waals surface area contributed by atoms with Gasteiger partial charge in [-0.15, -0.1) is 0 Å². The topological polar surface area (TPSA) is 73.9 Å². The molecule has 1 aliphatic heterocycles. The van der Waals surface area contributed by atoms with E-state index in [0.29, 0.717) is 23.9 Å². The minimum absolute atomic E-state index is 0.0575. The summed E-state index contributed by atoms with van der Waals surface area (Å²) in [6, 6.07) is 5.80. The average molecular weight is 335 g/mol. The Hall–Kier alpha value is -2.08. The van der Waals surface area contributed by atoms with Crippen molar-refractivity contribution >= 4 is 11.9 Å². The smallest absolute Gasteiger partial charge is 0.338 e. The number of hydrogen-bond acceptors (Lipinski definition) is 6. The van der Waals surface area contributed by atoms with E-state index < -0.39 is 0 Å². The molecule has 0 saturated carbocycles. The quantitative estimate of drug-likeness (QED) is 0.801. The second kappa shape index (κ2) is 8.68. The molecule has 1 saturated heterocycles. The van der Waals surface area contributed by atoms with Crippen molar-refractivity contribution in [3.63, 3.8) is 0 Å². The number of methoxy groups -OCH3 is 3. The summed E-state index contributed by atoms with van der Waals surface area (Å²) in [5, 5.41) is 3.40. The lowest BCUT2D eigenvalue weighted by Gasteiger charge is -2.28. The third-order valence-corrected chi connectivity index (χ3v) is 4.54. The molecule has 0 aromatic heterocycles. The van der Waals surface area contributed by atoms with Gasteiger partial charge in [0.05, 0.1) is 32.8 Å². The highest BCUT2D eigenvalue weighted by atomic mass is 16.5. The molecule has 2 atom stereocenters. The van der Waals surface area contributed by atoms with Gasteiger partial charge in [0.2, 0.25) is 0 Å². The number of aryl methyl sites for hydroxylation is 1. The first kappa shape index (κ1) is 18.3. The van der Waals surface area contributed by atoms with Crippen LogP contribution in [0.2, 0.25) is 0 Å². The van der Waals surface area contributed by atoms with E-state index in [0.717, 1.165) is 31.2 Å². The Balaban J connectivity index is 1.95. The zero-order chi connectivity index (χ0) is 17.5. The SMILES string of the molecule is COC(=O)c1cc(OC)ccc1CCC1CCC(C(=O)OC)CN1. The molecule has 24 heavy (non-hydrogen) atoms. The second-order valence-corrected chi connectivity index (χ2v) is 5.96. The molecule has 6 nitrogen and oxygen atoms in total. The van der Waals surface area contributed by atoms with E-state index in [9.17, 15) is 9.59 Å². The number of ether oxygens (including phenoxy) is 3. The van der Waals surface area contributed by atoms with Gasteiger partial charge in [-0.25, -0.2) is 4.79 Å². The molecule has 0 aliphatic carbocycles. The lowest BCUT2D eigenvalue weighted by molar-refractivity contribution is -0.146. The molecule has 1 fully saturated rings. The van der Waals surface area contributed by atoms with Crippen LogP contribution < -0.4 is 10.1 Å². The average Bonchev–Trinajstić information content (AvgIpc) is 2.65. The second-order valence-electron chi connectivity index (χ2n) is 5.96. The molecule has 2 unspecified atom stereocenters. The van der Waals surface area contributed by atoms with Gasteiger partial charge in [-0.3, -0.25) is 4.79 Å². The van der Waals surface area contributed by atoms with E-state index in [-0.39, 0.29) is 17.9 Å². The molecule has 132 valence electrons. The first-order chi connectivity index (χ1) is 11.6. The number of esters is 2. The Morgan fingerprint density at radius 3 is 2.54 bits per heavy atom. The van der Waals surface area contributed by atoms with Crippen molar-refractivity contribution in [1.29, 1.82) is 0 Å². The van der Waals surface area contributed by atoms with Crippen LogP contribution in [0.5, 0.6) is 5.75 Å². The number of nitrogens with one attached hydrogen (secondary N) is 1. The zero-order valence-electron chi connectivity index (χ0n) is 14.5. The van der Waals surface area contributed by atoms with Gasteiger partial charge in [0.15, 0.2) is 0 Å². The lowest BCUT2D eigenvalue weighted by Crippen LogP contribution is -2.42. The van der Waals surface area contributed by atoms with Gasteiger partial charge in [-0.1, -0.05) is 6.07 Å². The van der Waals surface area contributed by atoms with Crippen LogP contribution in [0.4, 0.5) is 0 Å². The molecule has 1 aromatic rings. The Kier molecular flexibility index (Phi) is 6.61. The monoisotopic (exact) mass is 335 g/mol. The Morgan fingerprint density at radius 2 is 1.96 bits per heavy atom. The van der Waals surface area contributed by atoms with Crippen LogP contribution in [-0.4, -0.2) is 45.9 Å². The number of rotatable bonds is 6. The van der Waals surface area contributed by atoms with Crippen molar-refractivity contribution in [1.82, 2.24) is 5.32 Å². The number of hydrogen-bond donors (Lipinski definition) is 1. The van der Waals surface area contributed by atoms with Gasteiger partial charge in [0, 0.05) is 12.6 Å². The summed E-state index contributed by atoms with van der Waals surface area (Å²) >= 11 is 0. The fourth-order valence-corrected chi connectivity index (χ4v) is 3.06. The van der Waals surface area contributed by atoms with Crippen molar-refractivity contribution in [3.05, 3.63) is 29.3 Å². The molecule has 1 aliphatic rings. The highest BCUT2D eigenvalue weighted by Gasteiger charge is 2.26. The first-order valence-electron chi connectivity index (χ1n) is 8.15. The van der Waals surface area contributed by atoms with Crippen molar-refractivity contribution in [2.24, 2.45) is 5.92 Å². The summed E-state index contributed by atoms with van der Waals surface area (Å²) in [5.41, 5.74) is 1.49. The fourth-order valence-electron chi connectivity index (χ4n) is 3.06. The molecule has 6 heteroatoms. The van der Waals surface area contributed by atoms with E-state index in [4.69, 9.17) is 14.2 Å². The van der Waals surface area contributed by atoms with Crippen LogP contribution >= 0.6 is 0 Å². The highest BCUT2D eigenvalue weighted by Crippen LogP contribution is 2.23. The Labute approximate surface area is 142 Å². The third-order valence-electron chi connectivity index (χ3n) is 4.54. The van der Waals surface area contributed by atoms with E-state index >= 15 is 0 Å². The lowest BCUT2D eigenvalue weighted by atomic mass is 9.91. The van der Waals surface area contributed by atoms with Crippen molar-refractivity contribution in [2.45, 2.75) is 31.7 Å². The van der Waals surface area contributed by atoms with Crippen LogP contribution in [-0.2, 0) is 20.7 Å². The fraction of sp³-hybridized carbons (Fsp3) is 0.556. The highest BCUT2D eigenvalue weighted by molar-refractivity contribution is 5.91. The van der Waals surface area contributed by atoms with Gasteiger partial charge in [0.1, 0.15) is 5.75 Å². The van der Waals surface area contributed by atoms with Gasteiger partial charge >= 0.3 is 11.9 Å². The van der Waals surface area contributed by atoms with E-state index in [1.165, 1.54) is 14.2 Å². The van der Waals surface area contributed by atoms with Gasteiger partial charge < -0.3 is 19.5 Å². The van der Waals surface area contributed by atoms with E-state index in [2.05, 4.69) is 5.32 Å². The third kappa shape index (κ3) is 4.47. The predicted molar refractivity (Wildman–Crippen MR) is 89.2 cm³/mol. The summed E-state index contributed by atoms with van der Waals surface area (Å²) in [6.45, 7) is 0.643. The van der Waals surface area contributed by atoms with Crippen LogP contribution in [0.1, 0.15) is 35.2 Å². The summed E-state index contributed by atoms with van der Waals surface area (Å²) in [5.74, 6) is 0.0732. The maximum atomic E-state index is 12.0. The number of carbonyl (C=O) groups is 2. The summed E-state index contributed by atoms with van der Waals surface area (Å²) < 4.78 is 14.8. The normalized spacial score (nSPS) is 20.3. The van der Waals surface area contributed by atoms with Crippen molar-refractivity contribution in [2.75, 3.05) is 27.9 Å².